The molecule has 7 nitrogen and oxygen atoms in total. The van der Waals surface area contributed by atoms with Crippen molar-refractivity contribution in [2.75, 3.05) is 23.7 Å². The van der Waals surface area contributed by atoms with Crippen LogP contribution in [0.1, 0.15) is 54.3 Å². The molecule has 0 aromatic heterocycles. The van der Waals surface area contributed by atoms with Gasteiger partial charge in [-0.3, -0.25) is 14.4 Å². The second kappa shape index (κ2) is 11.6. The molecule has 0 atom stereocenters. The average molecular weight is 411 g/mol. The number of benzene rings is 2. The summed E-state index contributed by atoms with van der Waals surface area (Å²) in [6, 6.07) is 13.8. The van der Waals surface area contributed by atoms with Crippen LogP contribution in [0.25, 0.3) is 0 Å². The van der Waals surface area contributed by atoms with Gasteiger partial charge >= 0.3 is 0 Å². The van der Waals surface area contributed by atoms with E-state index in [0.717, 1.165) is 12.8 Å². The lowest BCUT2D eigenvalue weighted by molar-refractivity contribution is -0.114. The van der Waals surface area contributed by atoms with Gasteiger partial charge in [-0.15, -0.1) is 0 Å². The highest BCUT2D eigenvalue weighted by molar-refractivity contribution is 5.97. The molecule has 160 valence electrons. The zero-order valence-corrected chi connectivity index (χ0v) is 17.7. The molecular weight excluding hydrogens is 380 g/mol. The van der Waals surface area contributed by atoms with E-state index < -0.39 is 0 Å². The van der Waals surface area contributed by atoms with E-state index in [1.165, 1.54) is 0 Å². The van der Waals surface area contributed by atoms with Crippen molar-refractivity contribution in [3.8, 4) is 0 Å². The summed E-state index contributed by atoms with van der Waals surface area (Å²) in [5, 5.41) is 11.5. The first-order chi connectivity index (χ1) is 14.4. The number of carbonyl (C=O) groups excluding carboxylic acids is 3. The Morgan fingerprint density at radius 2 is 1.63 bits per heavy atom. The van der Waals surface area contributed by atoms with E-state index in [1.807, 2.05) is 13.8 Å². The molecule has 0 aliphatic rings. The van der Waals surface area contributed by atoms with Crippen LogP contribution < -0.4 is 21.3 Å². The molecule has 0 bridgehead atoms. The van der Waals surface area contributed by atoms with Crippen LogP contribution in [0.3, 0.4) is 0 Å². The zero-order chi connectivity index (χ0) is 21.9. The first kappa shape index (κ1) is 22.9. The lowest BCUT2D eigenvalue weighted by atomic mass is 10.1. The van der Waals surface area contributed by atoms with E-state index in [1.54, 1.807) is 48.5 Å². The van der Waals surface area contributed by atoms with Crippen molar-refractivity contribution in [3.05, 3.63) is 59.7 Å². The van der Waals surface area contributed by atoms with E-state index in [9.17, 15) is 14.4 Å². The minimum Gasteiger partial charge on any atom is -0.376 e. The summed E-state index contributed by atoms with van der Waals surface area (Å²) in [6.07, 6.45) is 1.96. The highest BCUT2D eigenvalue weighted by Crippen LogP contribution is 2.12. The van der Waals surface area contributed by atoms with Crippen molar-refractivity contribution in [2.24, 2.45) is 0 Å². The molecule has 3 amide bonds. The van der Waals surface area contributed by atoms with Crippen molar-refractivity contribution in [2.45, 2.75) is 39.7 Å². The Kier molecular flexibility index (Phi) is 8.87. The third-order valence-electron chi connectivity index (χ3n) is 4.24. The van der Waals surface area contributed by atoms with Crippen molar-refractivity contribution < 1.29 is 14.4 Å². The first-order valence-electron chi connectivity index (χ1n) is 10.2. The lowest BCUT2D eigenvalue weighted by Crippen LogP contribution is -2.30. The van der Waals surface area contributed by atoms with Gasteiger partial charge in [-0.25, -0.2) is 0 Å². The smallest absolute Gasteiger partial charge is 0.251 e. The number of anilines is 2. The molecule has 7 heteroatoms. The molecule has 0 fully saturated rings. The summed E-state index contributed by atoms with van der Waals surface area (Å²) in [5.41, 5.74) is 2.38. The number of rotatable bonds is 10. The van der Waals surface area contributed by atoms with Gasteiger partial charge < -0.3 is 21.3 Å². The van der Waals surface area contributed by atoms with Crippen LogP contribution in [-0.4, -0.2) is 36.9 Å². The molecule has 0 saturated carbocycles. The van der Waals surface area contributed by atoms with E-state index >= 15 is 0 Å². The number of carbonyl (C=O) groups is 3. The van der Waals surface area contributed by atoms with Gasteiger partial charge in [0.1, 0.15) is 0 Å². The SMILES string of the molecule is CCCCNC(=O)c1cccc(NCC(=O)Nc2ccc(C(=O)NC(C)C)cc2)c1. The standard InChI is InChI=1S/C23H30N4O3/c1-4-5-13-24-22(29)18-7-6-8-20(14-18)25-15-21(28)27-19-11-9-17(10-12-19)23(30)26-16(2)3/h6-12,14,16,25H,4-5,13,15H2,1-3H3,(H,24,29)(H,26,30)(H,27,28). The normalized spacial score (nSPS) is 10.4. The van der Waals surface area contributed by atoms with Crippen LogP contribution in [0.2, 0.25) is 0 Å². The molecule has 0 saturated heterocycles. The maximum atomic E-state index is 12.2. The average Bonchev–Trinajstić information content (AvgIpc) is 2.72. The quantitative estimate of drug-likeness (QED) is 0.451. The summed E-state index contributed by atoms with van der Waals surface area (Å²) in [7, 11) is 0. The van der Waals surface area contributed by atoms with Gasteiger partial charge in [0.15, 0.2) is 0 Å². The molecule has 30 heavy (non-hydrogen) atoms. The summed E-state index contributed by atoms with van der Waals surface area (Å²) >= 11 is 0. The lowest BCUT2D eigenvalue weighted by Gasteiger charge is -2.11. The molecule has 2 aromatic rings. The third kappa shape index (κ3) is 7.58. The summed E-state index contributed by atoms with van der Waals surface area (Å²) < 4.78 is 0. The largest absolute Gasteiger partial charge is 0.376 e. The summed E-state index contributed by atoms with van der Waals surface area (Å²) in [6.45, 7) is 6.56. The van der Waals surface area contributed by atoms with Crippen LogP contribution in [0.5, 0.6) is 0 Å². The Morgan fingerprint density at radius 1 is 0.900 bits per heavy atom. The minimum absolute atomic E-state index is 0.0521. The van der Waals surface area contributed by atoms with E-state index in [2.05, 4.69) is 28.2 Å². The predicted molar refractivity (Wildman–Crippen MR) is 120 cm³/mol. The Labute approximate surface area is 177 Å². The van der Waals surface area contributed by atoms with Gasteiger partial charge in [-0.05, 0) is 62.7 Å². The monoisotopic (exact) mass is 410 g/mol. The maximum Gasteiger partial charge on any atom is 0.251 e. The van der Waals surface area contributed by atoms with Crippen LogP contribution in [0, 0.1) is 0 Å². The number of nitrogens with one attached hydrogen (secondary N) is 4. The summed E-state index contributed by atoms with van der Waals surface area (Å²) in [5.74, 6) is -0.506. The fourth-order valence-corrected chi connectivity index (χ4v) is 2.69. The fourth-order valence-electron chi connectivity index (χ4n) is 2.69. The van der Waals surface area contributed by atoms with Crippen LogP contribution in [0.15, 0.2) is 48.5 Å². The van der Waals surface area contributed by atoms with Gasteiger partial charge in [0.2, 0.25) is 5.91 Å². The van der Waals surface area contributed by atoms with E-state index in [0.29, 0.717) is 29.0 Å². The Bertz CT molecular complexity index is 863. The number of amides is 3. The number of hydrogen-bond donors (Lipinski definition) is 4. The molecule has 0 aliphatic heterocycles. The highest BCUT2D eigenvalue weighted by Gasteiger charge is 2.09. The van der Waals surface area contributed by atoms with Crippen molar-refractivity contribution in [1.29, 1.82) is 0 Å². The van der Waals surface area contributed by atoms with Crippen molar-refractivity contribution >= 4 is 29.1 Å². The second-order valence-corrected chi connectivity index (χ2v) is 7.30. The Morgan fingerprint density at radius 3 is 2.30 bits per heavy atom. The third-order valence-corrected chi connectivity index (χ3v) is 4.24. The van der Waals surface area contributed by atoms with Crippen molar-refractivity contribution in [1.82, 2.24) is 10.6 Å². The van der Waals surface area contributed by atoms with E-state index in [4.69, 9.17) is 0 Å². The van der Waals surface area contributed by atoms with Crippen LogP contribution in [0.4, 0.5) is 11.4 Å². The first-order valence-corrected chi connectivity index (χ1v) is 10.2. The second-order valence-electron chi connectivity index (χ2n) is 7.30. The summed E-state index contributed by atoms with van der Waals surface area (Å²) in [4.78, 5) is 36.3. The van der Waals surface area contributed by atoms with Crippen LogP contribution in [-0.2, 0) is 4.79 Å². The molecule has 0 unspecified atom stereocenters. The highest BCUT2D eigenvalue weighted by atomic mass is 16.2. The molecule has 0 heterocycles. The van der Waals surface area contributed by atoms with Gasteiger partial charge in [0, 0.05) is 35.1 Å². The maximum absolute atomic E-state index is 12.2. The molecular formula is C23H30N4O3. The van der Waals surface area contributed by atoms with Crippen molar-refractivity contribution in [3.63, 3.8) is 0 Å². The molecule has 0 radical (unpaired) electrons. The van der Waals surface area contributed by atoms with Gasteiger partial charge in [0.25, 0.3) is 11.8 Å². The molecule has 0 spiro atoms. The minimum atomic E-state index is -0.229. The fraction of sp³-hybridized carbons (Fsp3) is 0.348. The number of unbranched alkanes of at least 4 members (excludes halogenated alkanes) is 1. The van der Waals surface area contributed by atoms with Crippen LogP contribution >= 0.6 is 0 Å². The Hall–Kier alpha value is -3.35. The van der Waals surface area contributed by atoms with Gasteiger partial charge in [-0.1, -0.05) is 19.4 Å². The molecule has 2 aromatic carbocycles. The molecule has 0 aliphatic carbocycles. The predicted octanol–water partition coefficient (Wildman–Crippen LogP) is 3.41. The number of hydrogen-bond acceptors (Lipinski definition) is 4. The topological polar surface area (TPSA) is 99.3 Å². The van der Waals surface area contributed by atoms with Gasteiger partial charge in [-0.2, -0.15) is 0 Å². The molecule has 2 rings (SSSR count). The Balaban J connectivity index is 1.85. The zero-order valence-electron chi connectivity index (χ0n) is 17.7. The molecule has 4 N–H and O–H groups in total. The van der Waals surface area contributed by atoms with E-state index in [-0.39, 0.29) is 30.3 Å². The van der Waals surface area contributed by atoms with Gasteiger partial charge in [0.05, 0.1) is 6.54 Å².